The first-order valence-corrected chi connectivity index (χ1v) is 7.16. The van der Waals surface area contributed by atoms with Gasteiger partial charge in [-0.3, -0.25) is 0 Å². The molecule has 0 saturated heterocycles. The Morgan fingerprint density at radius 3 is 2.44 bits per heavy atom. The first kappa shape index (κ1) is 15.8. The van der Waals surface area contributed by atoms with Crippen LogP contribution in [0.3, 0.4) is 0 Å². The molecule has 16 heavy (non-hydrogen) atoms. The van der Waals surface area contributed by atoms with Gasteiger partial charge in [-0.15, -0.1) is 0 Å². The van der Waals surface area contributed by atoms with Crippen molar-refractivity contribution in [1.29, 1.82) is 0 Å². The Balaban J connectivity index is 3.77. The number of hydrogen-bond donors (Lipinski definition) is 0. The lowest BCUT2D eigenvalue weighted by Crippen LogP contribution is -2.31. The molecular formula is C10H23NO4S. The van der Waals surface area contributed by atoms with E-state index in [1.807, 2.05) is 6.92 Å². The molecule has 0 atom stereocenters. The highest BCUT2D eigenvalue weighted by atomic mass is 32.2. The van der Waals surface area contributed by atoms with Crippen molar-refractivity contribution in [2.45, 2.75) is 19.8 Å². The minimum absolute atomic E-state index is 0.0386. The van der Waals surface area contributed by atoms with Crippen molar-refractivity contribution in [2.75, 3.05) is 46.3 Å². The van der Waals surface area contributed by atoms with Gasteiger partial charge in [0.2, 0.25) is 10.0 Å². The van der Waals surface area contributed by atoms with Crippen molar-refractivity contribution < 1.29 is 17.9 Å². The summed E-state index contributed by atoms with van der Waals surface area (Å²) in [5.74, 6) is 0.0386. The Morgan fingerprint density at radius 1 is 1.19 bits per heavy atom. The summed E-state index contributed by atoms with van der Waals surface area (Å²) in [6, 6.07) is 0. The van der Waals surface area contributed by atoms with Crippen molar-refractivity contribution in [3.05, 3.63) is 0 Å². The summed E-state index contributed by atoms with van der Waals surface area (Å²) in [6.07, 6.45) is 1.88. The topological polar surface area (TPSA) is 55.8 Å². The fourth-order valence-electron chi connectivity index (χ4n) is 1.08. The van der Waals surface area contributed by atoms with Crippen LogP contribution >= 0.6 is 0 Å². The van der Waals surface area contributed by atoms with E-state index in [2.05, 4.69) is 0 Å². The molecular weight excluding hydrogens is 230 g/mol. The van der Waals surface area contributed by atoms with Crippen LogP contribution in [-0.2, 0) is 19.5 Å². The average Bonchev–Trinajstić information content (AvgIpc) is 2.25. The standard InChI is InChI=1S/C10H23NO4S/c1-4-5-6-11(2)16(12,13)10-9-15-8-7-14-3/h4-10H2,1-3H3. The van der Waals surface area contributed by atoms with Crippen molar-refractivity contribution in [2.24, 2.45) is 0 Å². The second kappa shape index (κ2) is 8.92. The van der Waals surface area contributed by atoms with E-state index < -0.39 is 10.0 Å². The van der Waals surface area contributed by atoms with Gasteiger partial charge in [0.05, 0.1) is 25.6 Å². The van der Waals surface area contributed by atoms with Crippen LogP contribution < -0.4 is 0 Å². The molecule has 0 spiro atoms. The Hall–Kier alpha value is -0.170. The number of rotatable bonds is 10. The molecule has 0 fully saturated rings. The maximum atomic E-state index is 11.7. The summed E-state index contributed by atoms with van der Waals surface area (Å²) in [5.41, 5.74) is 0. The molecule has 0 unspecified atom stereocenters. The van der Waals surface area contributed by atoms with Crippen molar-refractivity contribution >= 4 is 10.0 Å². The Bertz CT molecular complexity index is 254. The molecule has 0 bridgehead atoms. The van der Waals surface area contributed by atoms with Crippen LogP contribution in [0, 0.1) is 0 Å². The molecule has 0 amide bonds. The van der Waals surface area contributed by atoms with E-state index in [-0.39, 0.29) is 12.4 Å². The Labute approximate surface area is 98.8 Å². The highest BCUT2D eigenvalue weighted by molar-refractivity contribution is 7.89. The van der Waals surface area contributed by atoms with Crippen LogP contribution in [0.15, 0.2) is 0 Å². The highest BCUT2D eigenvalue weighted by Crippen LogP contribution is 2.01. The first-order valence-electron chi connectivity index (χ1n) is 5.55. The third-order valence-corrected chi connectivity index (χ3v) is 4.03. The van der Waals surface area contributed by atoms with Crippen LogP contribution in [0.4, 0.5) is 0 Å². The van der Waals surface area contributed by atoms with Crippen LogP contribution in [0.5, 0.6) is 0 Å². The smallest absolute Gasteiger partial charge is 0.216 e. The fourth-order valence-corrected chi connectivity index (χ4v) is 2.13. The van der Waals surface area contributed by atoms with Gasteiger partial charge < -0.3 is 9.47 Å². The molecule has 0 aromatic rings. The highest BCUT2D eigenvalue weighted by Gasteiger charge is 2.16. The molecule has 0 radical (unpaired) electrons. The number of nitrogens with zero attached hydrogens (tertiary/aromatic N) is 1. The zero-order valence-corrected chi connectivity index (χ0v) is 11.3. The minimum atomic E-state index is -3.15. The maximum Gasteiger partial charge on any atom is 0.216 e. The second-order valence-electron chi connectivity index (χ2n) is 3.60. The molecule has 0 aromatic carbocycles. The molecule has 6 heteroatoms. The lowest BCUT2D eigenvalue weighted by Gasteiger charge is -2.16. The fraction of sp³-hybridized carbons (Fsp3) is 1.00. The number of methoxy groups -OCH3 is 1. The maximum absolute atomic E-state index is 11.7. The van der Waals surface area contributed by atoms with E-state index in [4.69, 9.17) is 9.47 Å². The lowest BCUT2D eigenvalue weighted by molar-refractivity contribution is 0.0782. The van der Waals surface area contributed by atoms with Gasteiger partial charge in [0, 0.05) is 20.7 Å². The SMILES string of the molecule is CCCCN(C)S(=O)(=O)CCOCCOC. The molecule has 98 valence electrons. The molecule has 5 nitrogen and oxygen atoms in total. The average molecular weight is 253 g/mol. The third kappa shape index (κ3) is 7.16. The number of sulfonamides is 1. The van der Waals surface area contributed by atoms with E-state index >= 15 is 0 Å². The van der Waals surface area contributed by atoms with Crippen LogP contribution in [-0.4, -0.2) is 59.0 Å². The molecule has 0 aliphatic rings. The normalized spacial score (nSPS) is 12.2. The zero-order valence-electron chi connectivity index (χ0n) is 10.4. The predicted octanol–water partition coefficient (Wildman–Crippen LogP) is 0.711. The van der Waals surface area contributed by atoms with Crippen LogP contribution in [0.2, 0.25) is 0 Å². The molecule has 0 heterocycles. The van der Waals surface area contributed by atoms with Gasteiger partial charge in [-0.05, 0) is 6.42 Å². The van der Waals surface area contributed by atoms with Crippen LogP contribution in [0.1, 0.15) is 19.8 Å². The zero-order chi connectivity index (χ0) is 12.4. The van der Waals surface area contributed by atoms with Gasteiger partial charge in [-0.1, -0.05) is 13.3 Å². The number of unbranched alkanes of at least 4 members (excludes halogenated alkanes) is 1. The molecule has 0 aliphatic carbocycles. The van der Waals surface area contributed by atoms with Gasteiger partial charge in [0.15, 0.2) is 0 Å². The van der Waals surface area contributed by atoms with Crippen LogP contribution in [0.25, 0.3) is 0 Å². The molecule has 0 aromatic heterocycles. The summed E-state index contributed by atoms with van der Waals surface area (Å²) in [6.45, 7) is 3.77. The van der Waals surface area contributed by atoms with E-state index in [1.54, 1.807) is 14.2 Å². The molecule has 0 rings (SSSR count). The monoisotopic (exact) mass is 253 g/mol. The second-order valence-corrected chi connectivity index (χ2v) is 5.79. The van der Waals surface area contributed by atoms with Gasteiger partial charge in [-0.2, -0.15) is 0 Å². The first-order chi connectivity index (χ1) is 7.54. The molecule has 0 aliphatic heterocycles. The van der Waals surface area contributed by atoms with Crippen molar-refractivity contribution in [3.8, 4) is 0 Å². The largest absolute Gasteiger partial charge is 0.382 e. The minimum Gasteiger partial charge on any atom is -0.382 e. The van der Waals surface area contributed by atoms with Gasteiger partial charge in [0.1, 0.15) is 0 Å². The summed E-state index contributed by atoms with van der Waals surface area (Å²) < 4.78 is 34.7. The van der Waals surface area contributed by atoms with Crippen molar-refractivity contribution in [3.63, 3.8) is 0 Å². The van der Waals surface area contributed by atoms with E-state index in [0.29, 0.717) is 19.8 Å². The molecule has 0 saturated carbocycles. The Morgan fingerprint density at radius 2 is 1.88 bits per heavy atom. The van der Waals surface area contributed by atoms with E-state index in [9.17, 15) is 8.42 Å². The summed E-state index contributed by atoms with van der Waals surface area (Å²) in [7, 11) is 0.0410. The van der Waals surface area contributed by atoms with E-state index in [1.165, 1.54) is 4.31 Å². The summed E-state index contributed by atoms with van der Waals surface area (Å²) in [5, 5.41) is 0. The quantitative estimate of drug-likeness (QED) is 0.538. The summed E-state index contributed by atoms with van der Waals surface area (Å²) >= 11 is 0. The lowest BCUT2D eigenvalue weighted by atomic mass is 10.3. The summed E-state index contributed by atoms with van der Waals surface area (Å²) in [4.78, 5) is 0. The van der Waals surface area contributed by atoms with E-state index in [0.717, 1.165) is 12.8 Å². The number of ether oxygens (including phenoxy) is 2. The Kier molecular flexibility index (Phi) is 8.83. The van der Waals surface area contributed by atoms with Crippen molar-refractivity contribution in [1.82, 2.24) is 4.31 Å². The van der Waals surface area contributed by atoms with Gasteiger partial charge in [0.25, 0.3) is 0 Å². The third-order valence-electron chi connectivity index (χ3n) is 2.22. The van der Waals surface area contributed by atoms with Gasteiger partial charge >= 0.3 is 0 Å². The predicted molar refractivity (Wildman–Crippen MR) is 64.0 cm³/mol. The number of hydrogen-bond acceptors (Lipinski definition) is 4. The molecule has 0 N–H and O–H groups in total. The van der Waals surface area contributed by atoms with Gasteiger partial charge in [-0.25, -0.2) is 12.7 Å².